The smallest absolute Gasteiger partial charge is 0.252 e. The lowest BCUT2D eigenvalue weighted by atomic mass is 10.1. The minimum absolute atomic E-state index is 0.000606. The third-order valence-corrected chi connectivity index (χ3v) is 5.74. The summed E-state index contributed by atoms with van der Waals surface area (Å²) in [5, 5.41) is 3.05. The highest BCUT2D eigenvalue weighted by molar-refractivity contribution is 7.99. The number of nitrogens with one attached hydrogen (secondary N) is 1. The van der Waals surface area contributed by atoms with Gasteiger partial charge in [0, 0.05) is 23.8 Å². The van der Waals surface area contributed by atoms with E-state index in [0.717, 1.165) is 35.9 Å². The van der Waals surface area contributed by atoms with E-state index in [9.17, 15) is 4.79 Å². The Morgan fingerprint density at radius 2 is 2.15 bits per heavy atom. The van der Waals surface area contributed by atoms with Crippen molar-refractivity contribution in [1.29, 1.82) is 0 Å². The van der Waals surface area contributed by atoms with Crippen LogP contribution in [0, 0.1) is 0 Å². The van der Waals surface area contributed by atoms with Crippen LogP contribution in [0.4, 0.5) is 0 Å². The van der Waals surface area contributed by atoms with Gasteiger partial charge in [-0.2, -0.15) is 0 Å². The van der Waals surface area contributed by atoms with Crippen LogP contribution in [0.25, 0.3) is 0 Å². The monoisotopic (exact) mass is 374 g/mol. The van der Waals surface area contributed by atoms with E-state index >= 15 is 0 Å². The predicted molar refractivity (Wildman–Crippen MR) is 104 cm³/mol. The van der Waals surface area contributed by atoms with Crippen molar-refractivity contribution in [2.75, 3.05) is 33.0 Å². The normalized spacial score (nSPS) is 18.2. The van der Waals surface area contributed by atoms with Crippen LogP contribution in [-0.4, -0.2) is 49.9 Å². The highest BCUT2D eigenvalue weighted by atomic mass is 32.2. The Labute approximate surface area is 159 Å². The molecule has 26 heavy (non-hydrogen) atoms. The number of hydrogen-bond donors (Lipinski definition) is 1. The van der Waals surface area contributed by atoms with Crippen LogP contribution in [0.5, 0.6) is 0 Å². The van der Waals surface area contributed by atoms with Crippen LogP contribution in [0.15, 0.2) is 52.0 Å². The molecule has 2 aromatic rings. The molecule has 0 aliphatic carbocycles. The fourth-order valence-electron chi connectivity index (χ4n) is 3.04. The Hall–Kier alpha value is -1.76. The summed E-state index contributed by atoms with van der Waals surface area (Å²) in [6, 6.07) is 11.6. The molecule has 1 N–H and O–H groups in total. The molecule has 0 bridgehead atoms. The largest absolute Gasteiger partial charge is 0.468 e. The lowest BCUT2D eigenvalue weighted by molar-refractivity contribution is 0.0936. The number of carbonyl (C=O) groups excluding carboxylic acids is 1. The molecule has 1 aliphatic heterocycles. The molecule has 1 fully saturated rings. The van der Waals surface area contributed by atoms with Crippen molar-refractivity contribution in [1.82, 2.24) is 10.2 Å². The van der Waals surface area contributed by atoms with Crippen molar-refractivity contribution in [3.8, 4) is 0 Å². The molecular weight excluding hydrogens is 348 g/mol. The molecule has 0 radical (unpaired) electrons. The summed E-state index contributed by atoms with van der Waals surface area (Å²) in [4.78, 5) is 15.8. The third-order valence-electron chi connectivity index (χ3n) is 4.53. The molecule has 2 heterocycles. The zero-order valence-corrected chi connectivity index (χ0v) is 16.1. The van der Waals surface area contributed by atoms with Crippen molar-refractivity contribution in [2.45, 2.75) is 29.9 Å². The Kier molecular flexibility index (Phi) is 6.77. The zero-order chi connectivity index (χ0) is 18.4. The summed E-state index contributed by atoms with van der Waals surface area (Å²) in [6.45, 7) is 1.34. The van der Waals surface area contributed by atoms with E-state index in [0.29, 0.717) is 18.2 Å². The summed E-state index contributed by atoms with van der Waals surface area (Å²) in [6.07, 6.45) is 4.19. The van der Waals surface area contributed by atoms with E-state index in [-0.39, 0.29) is 11.9 Å². The van der Waals surface area contributed by atoms with Gasteiger partial charge in [-0.25, -0.2) is 0 Å². The lowest BCUT2D eigenvalue weighted by Gasteiger charge is -2.23. The first-order valence-electron chi connectivity index (χ1n) is 8.96. The molecule has 1 aromatic heterocycles. The number of hydrogen-bond acceptors (Lipinski definition) is 5. The minimum atomic E-state index is -0.0566. The van der Waals surface area contributed by atoms with E-state index in [1.807, 2.05) is 55.4 Å². The van der Waals surface area contributed by atoms with Crippen molar-refractivity contribution in [3.05, 3.63) is 54.0 Å². The number of furan rings is 1. The Morgan fingerprint density at radius 3 is 2.85 bits per heavy atom. The SMILES string of the molecule is CN(C)C(CNC(=O)c1ccccc1SCC1CCCO1)c1ccco1. The molecule has 2 atom stereocenters. The van der Waals surface area contributed by atoms with Crippen molar-refractivity contribution in [2.24, 2.45) is 0 Å². The Balaban J connectivity index is 1.61. The Bertz CT molecular complexity index is 697. The molecule has 5 nitrogen and oxygen atoms in total. The average Bonchev–Trinajstić information content (AvgIpc) is 3.34. The first-order chi connectivity index (χ1) is 12.6. The number of thioether (sulfide) groups is 1. The molecule has 0 saturated carbocycles. The number of rotatable bonds is 8. The highest BCUT2D eigenvalue weighted by Crippen LogP contribution is 2.27. The van der Waals surface area contributed by atoms with E-state index in [1.54, 1.807) is 18.0 Å². The van der Waals surface area contributed by atoms with Gasteiger partial charge >= 0.3 is 0 Å². The van der Waals surface area contributed by atoms with E-state index in [2.05, 4.69) is 5.32 Å². The standard InChI is InChI=1S/C20H26N2O3S/c1-22(2)17(18-9-6-12-25-18)13-21-20(23)16-8-3-4-10-19(16)26-14-15-7-5-11-24-15/h3-4,6,8-10,12,15,17H,5,7,11,13-14H2,1-2H3,(H,21,23). The predicted octanol–water partition coefficient (Wildman–Crippen LogP) is 3.58. The van der Waals surface area contributed by atoms with Crippen LogP contribution in [0.3, 0.4) is 0 Å². The van der Waals surface area contributed by atoms with E-state index in [4.69, 9.17) is 9.15 Å². The Morgan fingerprint density at radius 1 is 1.31 bits per heavy atom. The number of amides is 1. The van der Waals surface area contributed by atoms with Crippen LogP contribution < -0.4 is 5.32 Å². The molecule has 1 saturated heterocycles. The molecule has 1 aliphatic rings. The maximum absolute atomic E-state index is 12.8. The van der Waals surface area contributed by atoms with Crippen LogP contribution in [0.1, 0.15) is 35.0 Å². The van der Waals surface area contributed by atoms with Crippen LogP contribution in [0.2, 0.25) is 0 Å². The van der Waals surface area contributed by atoms with Crippen LogP contribution >= 0.6 is 11.8 Å². The number of carbonyl (C=O) groups is 1. The lowest BCUT2D eigenvalue weighted by Crippen LogP contribution is -2.34. The van der Waals surface area contributed by atoms with Gasteiger partial charge in [-0.3, -0.25) is 9.69 Å². The summed E-state index contributed by atoms with van der Waals surface area (Å²) >= 11 is 1.70. The average molecular weight is 375 g/mol. The molecule has 1 aromatic carbocycles. The summed E-state index contributed by atoms with van der Waals surface area (Å²) < 4.78 is 11.2. The number of ether oxygens (including phenoxy) is 1. The minimum Gasteiger partial charge on any atom is -0.468 e. The molecule has 6 heteroatoms. The number of benzene rings is 1. The van der Waals surface area contributed by atoms with Crippen molar-refractivity contribution >= 4 is 17.7 Å². The topological polar surface area (TPSA) is 54.7 Å². The van der Waals surface area contributed by atoms with Gasteiger partial charge in [0.25, 0.3) is 5.91 Å². The highest BCUT2D eigenvalue weighted by Gasteiger charge is 2.20. The fraction of sp³-hybridized carbons (Fsp3) is 0.450. The first kappa shape index (κ1) is 19.0. The first-order valence-corrected chi connectivity index (χ1v) is 9.95. The quantitative estimate of drug-likeness (QED) is 0.716. The molecule has 3 rings (SSSR count). The van der Waals surface area contributed by atoms with Gasteiger partial charge in [-0.1, -0.05) is 12.1 Å². The maximum atomic E-state index is 12.8. The second kappa shape index (κ2) is 9.26. The molecular formula is C20H26N2O3S. The summed E-state index contributed by atoms with van der Waals surface area (Å²) in [7, 11) is 3.95. The van der Waals surface area contributed by atoms with Gasteiger partial charge in [-0.05, 0) is 51.2 Å². The van der Waals surface area contributed by atoms with Gasteiger partial charge in [0.15, 0.2) is 0 Å². The van der Waals surface area contributed by atoms with Gasteiger partial charge in [0.2, 0.25) is 0 Å². The molecule has 1 amide bonds. The zero-order valence-electron chi connectivity index (χ0n) is 15.3. The maximum Gasteiger partial charge on any atom is 0.252 e. The molecule has 0 spiro atoms. The molecule has 2 unspecified atom stereocenters. The van der Waals surface area contributed by atoms with E-state index in [1.165, 1.54) is 0 Å². The van der Waals surface area contributed by atoms with Gasteiger partial charge < -0.3 is 14.5 Å². The number of likely N-dealkylation sites (N-methyl/N-ethyl adjacent to an activating group) is 1. The second-order valence-electron chi connectivity index (χ2n) is 6.65. The van der Waals surface area contributed by atoms with Crippen molar-refractivity contribution in [3.63, 3.8) is 0 Å². The number of nitrogens with zero attached hydrogens (tertiary/aromatic N) is 1. The van der Waals surface area contributed by atoms with Gasteiger partial charge in [0.05, 0.1) is 24.0 Å². The summed E-state index contributed by atoms with van der Waals surface area (Å²) in [5.41, 5.74) is 0.715. The summed E-state index contributed by atoms with van der Waals surface area (Å²) in [5.74, 6) is 1.67. The van der Waals surface area contributed by atoms with Crippen molar-refractivity contribution < 1.29 is 13.9 Å². The van der Waals surface area contributed by atoms with Gasteiger partial charge in [-0.15, -0.1) is 11.8 Å². The molecule has 140 valence electrons. The fourth-order valence-corrected chi connectivity index (χ4v) is 4.16. The second-order valence-corrected chi connectivity index (χ2v) is 7.71. The van der Waals surface area contributed by atoms with E-state index < -0.39 is 0 Å². The van der Waals surface area contributed by atoms with Gasteiger partial charge in [0.1, 0.15) is 5.76 Å². The van der Waals surface area contributed by atoms with Crippen LogP contribution in [-0.2, 0) is 4.74 Å². The third kappa shape index (κ3) is 4.90.